The normalized spacial score (nSPS) is 11.7. The predicted octanol–water partition coefficient (Wildman–Crippen LogP) is 14.4. The summed E-state index contributed by atoms with van der Waals surface area (Å²) in [6.45, 7) is 0. The van der Waals surface area contributed by atoms with Gasteiger partial charge in [0.2, 0.25) is 0 Å². The number of hydrogen-bond acceptors (Lipinski definition) is 3. The molecule has 49 heavy (non-hydrogen) atoms. The lowest BCUT2D eigenvalue weighted by molar-refractivity contribution is 1.30. The van der Waals surface area contributed by atoms with Crippen LogP contribution in [0.15, 0.2) is 176 Å². The number of thiophene rings is 2. The zero-order valence-electron chi connectivity index (χ0n) is 26.5. The standard InChI is InChI=1S/C46H29NS2/c1-2-10-32-27-34(20-19-30(32)9-1)33-11-7-12-37(28-33)47(42-16-8-15-40-38-13-3-6-18-44(38)49-46(40)42)36-24-21-31(22-25-36)35-23-26-45-41(29-35)39-14-4-5-17-43(39)48-45/h1-29H. The topological polar surface area (TPSA) is 3.24 Å². The highest BCUT2D eigenvalue weighted by molar-refractivity contribution is 7.26. The van der Waals surface area contributed by atoms with Crippen LogP contribution < -0.4 is 4.90 Å². The highest BCUT2D eigenvalue weighted by Gasteiger charge is 2.19. The van der Waals surface area contributed by atoms with Crippen LogP contribution in [-0.2, 0) is 0 Å². The molecule has 230 valence electrons. The summed E-state index contributed by atoms with van der Waals surface area (Å²) in [6, 6.07) is 64.5. The number of anilines is 3. The molecule has 0 aliphatic carbocycles. The first kappa shape index (κ1) is 28.3. The minimum Gasteiger partial charge on any atom is -0.309 e. The van der Waals surface area contributed by atoms with E-state index in [4.69, 9.17) is 0 Å². The Morgan fingerprint density at radius 1 is 0.327 bits per heavy atom. The average Bonchev–Trinajstić information content (AvgIpc) is 3.74. The Balaban J connectivity index is 1.12. The van der Waals surface area contributed by atoms with Gasteiger partial charge in [-0.05, 0) is 93.7 Å². The van der Waals surface area contributed by atoms with Gasteiger partial charge in [-0.1, -0.05) is 115 Å². The van der Waals surface area contributed by atoms with Crippen LogP contribution in [0, 0.1) is 0 Å². The molecule has 0 atom stereocenters. The largest absolute Gasteiger partial charge is 0.309 e. The fourth-order valence-electron chi connectivity index (χ4n) is 7.24. The molecular formula is C46H29NS2. The molecule has 0 spiro atoms. The molecule has 10 aromatic rings. The van der Waals surface area contributed by atoms with E-state index in [1.54, 1.807) is 0 Å². The van der Waals surface area contributed by atoms with Gasteiger partial charge in [0.05, 0.1) is 10.4 Å². The van der Waals surface area contributed by atoms with Crippen molar-refractivity contribution in [3.8, 4) is 22.3 Å². The van der Waals surface area contributed by atoms with Crippen LogP contribution >= 0.6 is 22.7 Å². The summed E-state index contributed by atoms with van der Waals surface area (Å²) in [5.41, 5.74) is 8.32. The third-order valence-corrected chi connectivity index (χ3v) is 12.0. The SMILES string of the molecule is c1cc(-c2ccc3ccccc3c2)cc(N(c2ccc(-c3ccc4sc5ccccc5c4c3)cc2)c2cccc3c2sc2ccccc23)c1. The zero-order chi connectivity index (χ0) is 32.3. The van der Waals surface area contributed by atoms with Crippen molar-refractivity contribution in [2.45, 2.75) is 0 Å². The maximum absolute atomic E-state index is 2.43. The Morgan fingerprint density at radius 3 is 1.80 bits per heavy atom. The molecule has 0 bridgehead atoms. The number of fused-ring (bicyclic) bond motifs is 7. The van der Waals surface area contributed by atoms with Gasteiger partial charge in [0.1, 0.15) is 0 Å². The highest BCUT2D eigenvalue weighted by atomic mass is 32.1. The van der Waals surface area contributed by atoms with Crippen LogP contribution in [0.5, 0.6) is 0 Å². The number of rotatable bonds is 5. The van der Waals surface area contributed by atoms with E-state index in [-0.39, 0.29) is 0 Å². The van der Waals surface area contributed by atoms with E-state index in [2.05, 4.69) is 181 Å². The maximum Gasteiger partial charge on any atom is 0.0640 e. The molecule has 1 nitrogen and oxygen atoms in total. The summed E-state index contributed by atoms with van der Waals surface area (Å²) in [4.78, 5) is 2.43. The van der Waals surface area contributed by atoms with Crippen molar-refractivity contribution < 1.29 is 0 Å². The van der Waals surface area contributed by atoms with Crippen LogP contribution in [0.1, 0.15) is 0 Å². The lowest BCUT2D eigenvalue weighted by Crippen LogP contribution is -2.10. The second kappa shape index (κ2) is 11.5. The van der Waals surface area contributed by atoms with Gasteiger partial charge >= 0.3 is 0 Å². The Labute approximate surface area is 292 Å². The second-order valence-corrected chi connectivity index (χ2v) is 14.7. The van der Waals surface area contributed by atoms with Crippen molar-refractivity contribution in [3.63, 3.8) is 0 Å². The van der Waals surface area contributed by atoms with E-state index in [0.717, 1.165) is 11.4 Å². The molecule has 2 heterocycles. The first-order valence-corrected chi connectivity index (χ1v) is 18.2. The molecule has 0 N–H and O–H groups in total. The van der Waals surface area contributed by atoms with Gasteiger partial charge in [-0.2, -0.15) is 0 Å². The maximum atomic E-state index is 2.43. The van der Waals surface area contributed by atoms with E-state index in [1.807, 2.05) is 22.7 Å². The smallest absolute Gasteiger partial charge is 0.0640 e. The molecule has 0 fully saturated rings. The predicted molar refractivity (Wildman–Crippen MR) is 215 cm³/mol. The minimum atomic E-state index is 1.13. The van der Waals surface area contributed by atoms with Crippen LogP contribution in [0.4, 0.5) is 17.1 Å². The Morgan fingerprint density at radius 2 is 0.939 bits per heavy atom. The Hall–Kier alpha value is -5.74. The van der Waals surface area contributed by atoms with Crippen LogP contribution in [0.2, 0.25) is 0 Å². The third kappa shape index (κ3) is 4.82. The van der Waals surface area contributed by atoms with Crippen molar-refractivity contribution in [1.82, 2.24) is 0 Å². The number of nitrogens with zero attached hydrogens (tertiary/aromatic N) is 1. The van der Waals surface area contributed by atoms with Gasteiger partial charge in [-0.25, -0.2) is 0 Å². The molecule has 8 aromatic carbocycles. The molecule has 3 heteroatoms. The van der Waals surface area contributed by atoms with Gasteiger partial charge in [0, 0.05) is 47.0 Å². The fourth-order valence-corrected chi connectivity index (χ4v) is 9.53. The van der Waals surface area contributed by atoms with Crippen LogP contribution in [0.25, 0.3) is 73.4 Å². The van der Waals surface area contributed by atoms with Crippen LogP contribution in [0.3, 0.4) is 0 Å². The summed E-state index contributed by atoms with van der Waals surface area (Å²) < 4.78 is 5.26. The van der Waals surface area contributed by atoms with Crippen molar-refractivity contribution in [1.29, 1.82) is 0 Å². The minimum absolute atomic E-state index is 1.13. The Bertz CT molecular complexity index is 2840. The monoisotopic (exact) mass is 659 g/mol. The number of hydrogen-bond donors (Lipinski definition) is 0. The van der Waals surface area contributed by atoms with Gasteiger partial charge in [0.15, 0.2) is 0 Å². The lowest BCUT2D eigenvalue weighted by Gasteiger charge is -2.27. The molecule has 0 saturated heterocycles. The summed E-state index contributed by atoms with van der Waals surface area (Å²) >= 11 is 3.73. The van der Waals surface area contributed by atoms with Crippen LogP contribution in [-0.4, -0.2) is 0 Å². The van der Waals surface area contributed by atoms with E-state index in [0.29, 0.717) is 0 Å². The Kier molecular flexibility index (Phi) is 6.61. The molecule has 0 radical (unpaired) electrons. The molecule has 10 rings (SSSR count). The zero-order valence-corrected chi connectivity index (χ0v) is 28.1. The molecule has 2 aromatic heterocycles. The molecule has 0 saturated carbocycles. The van der Waals surface area contributed by atoms with Gasteiger partial charge < -0.3 is 4.90 Å². The van der Waals surface area contributed by atoms with E-state index in [9.17, 15) is 0 Å². The molecule has 0 aliphatic heterocycles. The lowest BCUT2D eigenvalue weighted by atomic mass is 10.00. The van der Waals surface area contributed by atoms with Crippen molar-refractivity contribution in [2.24, 2.45) is 0 Å². The van der Waals surface area contributed by atoms with Gasteiger partial charge in [-0.3, -0.25) is 0 Å². The first-order chi connectivity index (χ1) is 24.3. The molecule has 0 unspecified atom stereocenters. The van der Waals surface area contributed by atoms with Crippen molar-refractivity contribution >= 4 is 90.9 Å². The fraction of sp³-hybridized carbons (Fsp3) is 0. The average molecular weight is 660 g/mol. The van der Waals surface area contributed by atoms with E-state index < -0.39 is 0 Å². The van der Waals surface area contributed by atoms with Crippen molar-refractivity contribution in [2.75, 3.05) is 4.90 Å². The second-order valence-electron chi connectivity index (χ2n) is 12.6. The van der Waals surface area contributed by atoms with Crippen molar-refractivity contribution in [3.05, 3.63) is 176 Å². The summed E-state index contributed by atoms with van der Waals surface area (Å²) in [5, 5.41) is 7.76. The highest BCUT2D eigenvalue weighted by Crippen LogP contribution is 2.46. The van der Waals surface area contributed by atoms with Gasteiger partial charge in [0.25, 0.3) is 0 Å². The van der Waals surface area contributed by atoms with E-state index >= 15 is 0 Å². The molecule has 0 aliphatic rings. The summed E-state index contributed by atoms with van der Waals surface area (Å²) in [6.07, 6.45) is 0. The quantitative estimate of drug-likeness (QED) is 0.178. The molecule has 0 amide bonds. The third-order valence-electron chi connectivity index (χ3n) is 9.65. The van der Waals surface area contributed by atoms with E-state index in [1.165, 1.54) is 79.1 Å². The molecular weight excluding hydrogens is 631 g/mol. The summed E-state index contributed by atoms with van der Waals surface area (Å²) in [5.74, 6) is 0. The number of benzene rings is 8. The first-order valence-electron chi connectivity index (χ1n) is 16.6. The summed E-state index contributed by atoms with van der Waals surface area (Å²) in [7, 11) is 0. The van der Waals surface area contributed by atoms with Gasteiger partial charge in [-0.15, -0.1) is 22.7 Å².